The molecule has 104 valence electrons. The van der Waals surface area contributed by atoms with Gasteiger partial charge in [0.25, 0.3) is 0 Å². The maximum atomic E-state index is 4.73. The third kappa shape index (κ3) is 2.81. The van der Waals surface area contributed by atoms with Gasteiger partial charge in [-0.3, -0.25) is 0 Å². The van der Waals surface area contributed by atoms with Crippen LogP contribution < -0.4 is 5.32 Å². The van der Waals surface area contributed by atoms with E-state index in [0.29, 0.717) is 6.04 Å². The highest BCUT2D eigenvalue weighted by atomic mass is 79.9. The summed E-state index contributed by atoms with van der Waals surface area (Å²) in [5.74, 6) is 0. The van der Waals surface area contributed by atoms with Crippen molar-refractivity contribution in [3.63, 3.8) is 0 Å². The van der Waals surface area contributed by atoms with Gasteiger partial charge in [-0.25, -0.2) is 4.98 Å². The van der Waals surface area contributed by atoms with Crippen LogP contribution in [0.5, 0.6) is 0 Å². The van der Waals surface area contributed by atoms with Gasteiger partial charge < -0.3 is 5.32 Å². The molecule has 2 heterocycles. The van der Waals surface area contributed by atoms with Crippen LogP contribution in [-0.2, 0) is 6.42 Å². The molecule has 20 heavy (non-hydrogen) atoms. The Labute approximate surface area is 135 Å². The van der Waals surface area contributed by atoms with Gasteiger partial charge in [-0.1, -0.05) is 12.1 Å². The molecule has 2 aromatic heterocycles. The molecule has 0 aliphatic rings. The van der Waals surface area contributed by atoms with Crippen LogP contribution in [0.2, 0.25) is 0 Å². The van der Waals surface area contributed by atoms with Crippen LogP contribution in [0.1, 0.15) is 21.5 Å². The number of rotatable bonds is 4. The van der Waals surface area contributed by atoms with Crippen molar-refractivity contribution in [2.45, 2.75) is 19.4 Å². The molecule has 1 aromatic carbocycles. The van der Waals surface area contributed by atoms with Gasteiger partial charge in [0.1, 0.15) is 0 Å². The van der Waals surface area contributed by atoms with E-state index < -0.39 is 0 Å². The zero-order valence-electron chi connectivity index (χ0n) is 11.3. The highest BCUT2D eigenvalue weighted by Crippen LogP contribution is 2.33. The van der Waals surface area contributed by atoms with E-state index in [1.807, 2.05) is 13.1 Å². The smallest absolute Gasteiger partial charge is 0.0957 e. The Bertz CT molecular complexity index is 680. The largest absolute Gasteiger partial charge is 0.312 e. The highest BCUT2D eigenvalue weighted by Gasteiger charge is 2.16. The van der Waals surface area contributed by atoms with Crippen LogP contribution in [0.3, 0.4) is 0 Å². The molecule has 1 N–H and O–H groups in total. The van der Waals surface area contributed by atoms with E-state index in [2.05, 4.69) is 52.4 Å². The summed E-state index contributed by atoms with van der Waals surface area (Å²) in [4.78, 5) is 6.08. The number of nitrogens with one attached hydrogen (secondary N) is 1. The van der Waals surface area contributed by atoms with Crippen LogP contribution >= 0.6 is 38.6 Å². The highest BCUT2D eigenvalue weighted by molar-refractivity contribution is 9.11. The molecule has 2 nitrogen and oxygen atoms in total. The van der Waals surface area contributed by atoms with E-state index in [4.69, 9.17) is 4.98 Å². The SMILES string of the molecule is CNC(Cc1nc2ccccc2s1)c1cc(C)c(Br)s1. The first kappa shape index (κ1) is 14.2. The van der Waals surface area contributed by atoms with E-state index in [-0.39, 0.29) is 0 Å². The first-order valence-electron chi connectivity index (χ1n) is 6.45. The zero-order chi connectivity index (χ0) is 14.1. The summed E-state index contributed by atoms with van der Waals surface area (Å²) in [6.07, 6.45) is 0.933. The zero-order valence-corrected chi connectivity index (χ0v) is 14.5. The molecule has 0 radical (unpaired) electrons. The average molecular weight is 367 g/mol. The number of fused-ring (bicyclic) bond motifs is 1. The summed E-state index contributed by atoms with van der Waals surface area (Å²) < 4.78 is 2.48. The molecule has 0 saturated heterocycles. The number of aromatic nitrogens is 1. The molecule has 0 fully saturated rings. The minimum absolute atomic E-state index is 0.325. The molecular formula is C15H15BrN2S2. The lowest BCUT2D eigenvalue weighted by Crippen LogP contribution is -2.17. The summed E-state index contributed by atoms with van der Waals surface area (Å²) in [6.45, 7) is 2.13. The molecular weight excluding hydrogens is 352 g/mol. The lowest BCUT2D eigenvalue weighted by Gasteiger charge is -2.12. The fourth-order valence-electron chi connectivity index (χ4n) is 2.18. The molecule has 0 aliphatic heterocycles. The maximum Gasteiger partial charge on any atom is 0.0957 e. The van der Waals surface area contributed by atoms with Crippen molar-refractivity contribution in [2.24, 2.45) is 0 Å². The second kappa shape index (κ2) is 5.93. The van der Waals surface area contributed by atoms with Crippen molar-refractivity contribution in [1.82, 2.24) is 10.3 Å². The van der Waals surface area contributed by atoms with Crippen molar-refractivity contribution >= 4 is 48.8 Å². The summed E-state index contributed by atoms with van der Waals surface area (Å²) in [5.41, 5.74) is 2.40. The minimum Gasteiger partial charge on any atom is -0.312 e. The standard InChI is InChI=1S/C15H15BrN2S2/c1-9-7-13(20-15(9)16)11(17-2)8-14-18-10-5-3-4-6-12(10)19-14/h3-7,11,17H,8H2,1-2H3. The molecule has 3 rings (SSSR count). The molecule has 0 aliphatic carbocycles. The number of benzene rings is 1. The second-order valence-electron chi connectivity index (χ2n) is 4.73. The number of halogens is 1. The van der Waals surface area contributed by atoms with Gasteiger partial charge in [-0.15, -0.1) is 22.7 Å². The molecule has 5 heteroatoms. The number of aryl methyl sites for hydroxylation is 1. The second-order valence-corrected chi connectivity index (χ2v) is 8.24. The number of thiophene rings is 1. The number of para-hydroxylation sites is 1. The molecule has 0 saturated carbocycles. The van der Waals surface area contributed by atoms with Crippen LogP contribution in [0.4, 0.5) is 0 Å². The summed E-state index contributed by atoms with van der Waals surface area (Å²) in [7, 11) is 2.01. The Morgan fingerprint density at radius 3 is 2.75 bits per heavy atom. The lowest BCUT2D eigenvalue weighted by molar-refractivity contribution is 0.601. The van der Waals surface area contributed by atoms with Gasteiger partial charge in [0, 0.05) is 17.3 Å². The number of hydrogen-bond acceptors (Lipinski definition) is 4. The van der Waals surface area contributed by atoms with Crippen LogP contribution in [0.15, 0.2) is 34.1 Å². The van der Waals surface area contributed by atoms with Crippen LogP contribution in [0.25, 0.3) is 10.2 Å². The summed E-state index contributed by atoms with van der Waals surface area (Å²) in [5, 5.41) is 4.60. The fraction of sp³-hybridized carbons (Fsp3) is 0.267. The number of thiazole rings is 1. The number of nitrogens with zero attached hydrogens (tertiary/aromatic N) is 1. The number of likely N-dealkylation sites (N-methyl/N-ethyl adjacent to an activating group) is 1. The molecule has 0 spiro atoms. The molecule has 0 bridgehead atoms. The predicted molar refractivity (Wildman–Crippen MR) is 91.9 cm³/mol. The Balaban J connectivity index is 1.87. The van der Waals surface area contributed by atoms with Crippen molar-refractivity contribution in [3.05, 3.63) is 49.6 Å². The Kier molecular flexibility index (Phi) is 4.21. The van der Waals surface area contributed by atoms with Gasteiger partial charge in [0.2, 0.25) is 0 Å². The molecule has 1 atom stereocenters. The van der Waals surface area contributed by atoms with Crippen molar-refractivity contribution in [1.29, 1.82) is 0 Å². The van der Waals surface area contributed by atoms with Gasteiger partial charge in [0.05, 0.1) is 19.0 Å². The molecule has 3 aromatic rings. The van der Waals surface area contributed by atoms with Gasteiger partial charge in [-0.2, -0.15) is 0 Å². The average Bonchev–Trinajstić information content (AvgIpc) is 2.99. The summed E-state index contributed by atoms with van der Waals surface area (Å²) in [6, 6.07) is 10.9. The lowest BCUT2D eigenvalue weighted by atomic mass is 10.1. The van der Waals surface area contributed by atoms with Crippen LogP contribution in [-0.4, -0.2) is 12.0 Å². The quantitative estimate of drug-likeness (QED) is 0.707. The third-order valence-corrected chi connectivity index (χ3v) is 6.59. The van der Waals surface area contributed by atoms with Gasteiger partial charge >= 0.3 is 0 Å². The van der Waals surface area contributed by atoms with Gasteiger partial charge in [-0.05, 0) is 53.7 Å². The Morgan fingerprint density at radius 2 is 2.10 bits per heavy atom. The maximum absolute atomic E-state index is 4.73. The van der Waals surface area contributed by atoms with Gasteiger partial charge in [0.15, 0.2) is 0 Å². The Morgan fingerprint density at radius 1 is 1.30 bits per heavy atom. The minimum atomic E-state index is 0.325. The summed E-state index contributed by atoms with van der Waals surface area (Å²) >= 11 is 7.20. The molecule has 1 unspecified atom stereocenters. The molecule has 0 amide bonds. The van der Waals surface area contributed by atoms with E-state index in [9.17, 15) is 0 Å². The third-order valence-electron chi connectivity index (χ3n) is 3.29. The number of hydrogen-bond donors (Lipinski definition) is 1. The van der Waals surface area contributed by atoms with E-state index in [0.717, 1.165) is 11.9 Å². The fourth-order valence-corrected chi connectivity index (χ4v) is 4.88. The first-order chi connectivity index (χ1) is 9.67. The predicted octanol–water partition coefficient (Wildman–Crippen LogP) is 4.93. The first-order valence-corrected chi connectivity index (χ1v) is 8.87. The Hall–Kier alpha value is -0.750. The van der Waals surface area contributed by atoms with E-state index in [1.165, 1.54) is 23.9 Å². The van der Waals surface area contributed by atoms with E-state index in [1.54, 1.807) is 22.7 Å². The monoisotopic (exact) mass is 366 g/mol. The topological polar surface area (TPSA) is 24.9 Å². The van der Waals surface area contributed by atoms with Crippen molar-refractivity contribution in [2.75, 3.05) is 7.05 Å². The van der Waals surface area contributed by atoms with Crippen molar-refractivity contribution < 1.29 is 0 Å². The van der Waals surface area contributed by atoms with Crippen molar-refractivity contribution in [3.8, 4) is 0 Å². The van der Waals surface area contributed by atoms with Crippen LogP contribution in [0, 0.1) is 6.92 Å². The normalized spacial score (nSPS) is 12.9. The van der Waals surface area contributed by atoms with E-state index >= 15 is 0 Å².